The van der Waals surface area contributed by atoms with Gasteiger partial charge in [-0.05, 0) is 19.3 Å². The molecule has 1 unspecified atom stereocenters. The van der Waals surface area contributed by atoms with Gasteiger partial charge in [-0.25, -0.2) is 18.1 Å². The standard InChI is InChI=1S/C11H14N2O5S/c14-11-8(3-4-17-11)5-13-19(15,16)9-6-12-10(18-9)7-1-2-7/h6-8,13H,1-5H2. The lowest BCUT2D eigenvalue weighted by Gasteiger charge is -2.06. The van der Waals surface area contributed by atoms with Crippen molar-refractivity contribution in [2.75, 3.05) is 13.2 Å². The summed E-state index contributed by atoms with van der Waals surface area (Å²) in [5.41, 5.74) is 0. The summed E-state index contributed by atoms with van der Waals surface area (Å²) in [4.78, 5) is 15.2. The van der Waals surface area contributed by atoms with Gasteiger partial charge in [0.05, 0.1) is 18.7 Å². The van der Waals surface area contributed by atoms with Crippen molar-refractivity contribution in [1.29, 1.82) is 0 Å². The number of esters is 1. The first-order valence-corrected chi connectivity index (χ1v) is 7.66. The van der Waals surface area contributed by atoms with Crippen molar-refractivity contribution in [3.8, 4) is 0 Å². The van der Waals surface area contributed by atoms with E-state index in [1.165, 1.54) is 6.20 Å². The van der Waals surface area contributed by atoms with E-state index in [-0.39, 0.29) is 23.5 Å². The fraction of sp³-hybridized carbons (Fsp3) is 0.636. The lowest BCUT2D eigenvalue weighted by Crippen LogP contribution is -2.31. The van der Waals surface area contributed by atoms with Crippen molar-refractivity contribution >= 4 is 16.0 Å². The van der Waals surface area contributed by atoms with Crippen LogP contribution in [0.1, 0.15) is 31.1 Å². The molecule has 0 aromatic carbocycles. The summed E-state index contributed by atoms with van der Waals surface area (Å²) in [7, 11) is -3.74. The molecule has 1 aliphatic heterocycles. The molecule has 1 aromatic heterocycles. The second kappa shape index (κ2) is 4.61. The van der Waals surface area contributed by atoms with Crippen LogP contribution in [0.25, 0.3) is 0 Å². The molecule has 1 saturated carbocycles. The number of hydrogen-bond donors (Lipinski definition) is 1. The molecule has 1 atom stereocenters. The molecule has 2 aliphatic rings. The van der Waals surface area contributed by atoms with Crippen LogP contribution < -0.4 is 4.72 Å². The van der Waals surface area contributed by atoms with Crippen LogP contribution in [0.5, 0.6) is 0 Å². The van der Waals surface area contributed by atoms with E-state index in [2.05, 4.69) is 9.71 Å². The molecule has 2 heterocycles. The molecule has 2 fully saturated rings. The molecule has 1 aliphatic carbocycles. The largest absolute Gasteiger partial charge is 0.465 e. The number of cyclic esters (lactones) is 1. The molecule has 19 heavy (non-hydrogen) atoms. The van der Waals surface area contributed by atoms with E-state index in [0.29, 0.717) is 18.9 Å². The number of aromatic nitrogens is 1. The third kappa shape index (κ3) is 2.64. The van der Waals surface area contributed by atoms with Crippen molar-refractivity contribution in [3.63, 3.8) is 0 Å². The number of oxazole rings is 1. The molecule has 1 N–H and O–H groups in total. The topological polar surface area (TPSA) is 98.5 Å². The molecule has 3 rings (SSSR count). The summed E-state index contributed by atoms with van der Waals surface area (Å²) in [6.45, 7) is 0.375. The minimum Gasteiger partial charge on any atom is -0.465 e. The molecule has 0 amide bonds. The Morgan fingerprint density at radius 3 is 2.79 bits per heavy atom. The zero-order valence-electron chi connectivity index (χ0n) is 10.2. The lowest BCUT2D eigenvalue weighted by atomic mass is 10.1. The summed E-state index contributed by atoms with van der Waals surface area (Å²) in [5.74, 6) is -0.0473. The SMILES string of the molecule is O=C1OCCC1CNS(=O)(=O)c1cnc(C2CC2)o1. The smallest absolute Gasteiger partial charge is 0.310 e. The highest BCUT2D eigenvalue weighted by atomic mass is 32.2. The summed E-state index contributed by atoms with van der Waals surface area (Å²) in [6.07, 6.45) is 3.72. The second-order valence-corrected chi connectivity index (χ2v) is 6.49. The number of hydrogen-bond acceptors (Lipinski definition) is 6. The molecule has 8 heteroatoms. The maximum atomic E-state index is 12.0. The van der Waals surface area contributed by atoms with Crippen LogP contribution in [0, 0.1) is 5.92 Å². The van der Waals surface area contributed by atoms with Crippen LogP contribution in [0.2, 0.25) is 0 Å². The summed E-state index contributed by atoms with van der Waals surface area (Å²) < 4.78 is 36.3. The van der Waals surface area contributed by atoms with Gasteiger partial charge in [-0.1, -0.05) is 0 Å². The molecule has 1 saturated heterocycles. The van der Waals surface area contributed by atoms with Crippen LogP contribution in [-0.4, -0.2) is 32.5 Å². The van der Waals surface area contributed by atoms with Crippen LogP contribution in [0.4, 0.5) is 0 Å². The lowest BCUT2D eigenvalue weighted by molar-refractivity contribution is -0.141. The number of ether oxygens (including phenoxy) is 1. The van der Waals surface area contributed by atoms with Gasteiger partial charge in [-0.2, -0.15) is 0 Å². The summed E-state index contributed by atoms with van der Waals surface area (Å²) in [5, 5.41) is -0.194. The minimum atomic E-state index is -3.74. The molecule has 104 valence electrons. The Labute approximate surface area is 110 Å². The first kappa shape index (κ1) is 12.6. The van der Waals surface area contributed by atoms with Gasteiger partial charge in [-0.3, -0.25) is 4.79 Å². The van der Waals surface area contributed by atoms with Gasteiger partial charge < -0.3 is 9.15 Å². The quantitative estimate of drug-likeness (QED) is 0.786. The molecule has 0 spiro atoms. The van der Waals surface area contributed by atoms with E-state index >= 15 is 0 Å². The number of nitrogens with zero attached hydrogens (tertiary/aromatic N) is 1. The highest BCUT2D eigenvalue weighted by Crippen LogP contribution is 2.39. The summed E-state index contributed by atoms with van der Waals surface area (Å²) in [6, 6.07) is 0. The second-order valence-electron chi connectivity index (χ2n) is 4.80. The average Bonchev–Trinajstić information content (AvgIpc) is 2.95. The van der Waals surface area contributed by atoms with Crippen molar-refractivity contribution in [2.24, 2.45) is 5.92 Å². The predicted molar refractivity (Wildman–Crippen MR) is 62.7 cm³/mol. The highest BCUT2D eigenvalue weighted by molar-refractivity contribution is 7.89. The Morgan fingerprint density at radius 2 is 2.16 bits per heavy atom. The van der Waals surface area contributed by atoms with Crippen LogP contribution in [0.15, 0.2) is 15.7 Å². The van der Waals surface area contributed by atoms with E-state index in [0.717, 1.165) is 12.8 Å². The molecule has 1 aromatic rings. The van der Waals surface area contributed by atoms with Crippen LogP contribution in [0.3, 0.4) is 0 Å². The fourth-order valence-electron chi connectivity index (χ4n) is 1.92. The minimum absolute atomic E-state index is 0.0284. The van der Waals surface area contributed by atoms with Crippen molar-refractivity contribution in [3.05, 3.63) is 12.1 Å². The Bertz CT molecular complexity index is 590. The highest BCUT2D eigenvalue weighted by Gasteiger charge is 2.32. The van der Waals surface area contributed by atoms with Crippen molar-refractivity contribution in [1.82, 2.24) is 9.71 Å². The van der Waals surface area contributed by atoms with Crippen LogP contribution >= 0.6 is 0 Å². The monoisotopic (exact) mass is 286 g/mol. The van der Waals surface area contributed by atoms with E-state index in [4.69, 9.17) is 9.15 Å². The van der Waals surface area contributed by atoms with Gasteiger partial charge >= 0.3 is 5.97 Å². The third-order valence-corrected chi connectivity index (χ3v) is 4.52. The number of nitrogens with one attached hydrogen (secondary N) is 1. The Hall–Kier alpha value is -1.41. The predicted octanol–water partition coefficient (Wildman–Crippen LogP) is 0.393. The van der Waals surface area contributed by atoms with Crippen LogP contribution in [-0.2, 0) is 19.6 Å². The number of sulfonamides is 1. The van der Waals surface area contributed by atoms with Gasteiger partial charge in [-0.15, -0.1) is 0 Å². The van der Waals surface area contributed by atoms with E-state index in [1.807, 2.05) is 0 Å². The molecule has 0 bridgehead atoms. The fourth-order valence-corrected chi connectivity index (χ4v) is 2.87. The number of carbonyl (C=O) groups excluding carboxylic acids is 1. The molecular formula is C11H14N2O5S. The maximum Gasteiger partial charge on any atom is 0.310 e. The van der Waals surface area contributed by atoms with Gasteiger partial charge in [0.25, 0.3) is 15.1 Å². The van der Waals surface area contributed by atoms with Crippen molar-refractivity contribution < 1.29 is 22.4 Å². The van der Waals surface area contributed by atoms with E-state index < -0.39 is 15.9 Å². The van der Waals surface area contributed by atoms with Crippen molar-refractivity contribution in [2.45, 2.75) is 30.3 Å². The summed E-state index contributed by atoms with van der Waals surface area (Å²) >= 11 is 0. The Balaban J connectivity index is 1.65. The maximum absolute atomic E-state index is 12.0. The molecular weight excluding hydrogens is 272 g/mol. The first-order chi connectivity index (χ1) is 9.06. The molecule has 7 nitrogen and oxygen atoms in total. The Kier molecular flexibility index (Phi) is 3.06. The molecule has 0 radical (unpaired) electrons. The third-order valence-electron chi connectivity index (χ3n) is 3.26. The van der Waals surface area contributed by atoms with Gasteiger partial charge in [0.2, 0.25) is 0 Å². The number of rotatable bonds is 5. The van der Waals surface area contributed by atoms with Gasteiger partial charge in [0.15, 0.2) is 5.89 Å². The average molecular weight is 286 g/mol. The zero-order chi connectivity index (χ0) is 13.5. The zero-order valence-corrected chi connectivity index (χ0v) is 11.0. The number of carbonyl (C=O) groups is 1. The Morgan fingerprint density at radius 1 is 1.37 bits per heavy atom. The van der Waals surface area contributed by atoms with E-state index in [9.17, 15) is 13.2 Å². The van der Waals surface area contributed by atoms with Gasteiger partial charge in [0.1, 0.15) is 0 Å². The van der Waals surface area contributed by atoms with E-state index in [1.54, 1.807) is 0 Å². The first-order valence-electron chi connectivity index (χ1n) is 6.18. The normalized spacial score (nSPS) is 23.6. The van der Waals surface area contributed by atoms with Gasteiger partial charge in [0, 0.05) is 12.5 Å².